The summed E-state index contributed by atoms with van der Waals surface area (Å²) in [7, 11) is -3.55. The van der Waals surface area contributed by atoms with E-state index in [0.29, 0.717) is 36.2 Å². The highest BCUT2D eigenvalue weighted by atomic mass is 79.9. The van der Waals surface area contributed by atoms with Crippen LogP contribution in [-0.2, 0) is 10.0 Å². The molecule has 29 heavy (non-hydrogen) atoms. The molecule has 2 aromatic rings. The Morgan fingerprint density at radius 3 is 2.17 bits per heavy atom. The molecule has 6 nitrogen and oxygen atoms in total. The molecule has 2 fully saturated rings. The van der Waals surface area contributed by atoms with Gasteiger partial charge in [0.2, 0.25) is 10.0 Å². The molecule has 0 N–H and O–H groups in total. The van der Waals surface area contributed by atoms with Gasteiger partial charge in [-0.15, -0.1) is 0 Å². The maximum Gasteiger partial charge on any atom is 0.255 e. The Morgan fingerprint density at radius 2 is 1.52 bits per heavy atom. The molecule has 0 atom stereocenters. The maximum absolute atomic E-state index is 13.1. The zero-order valence-corrected chi connectivity index (χ0v) is 18.5. The second-order valence-electron chi connectivity index (χ2n) is 7.37. The molecule has 0 spiro atoms. The van der Waals surface area contributed by atoms with Gasteiger partial charge in [-0.1, -0.05) is 18.2 Å². The van der Waals surface area contributed by atoms with Crippen LogP contribution in [0.15, 0.2) is 57.9 Å². The van der Waals surface area contributed by atoms with Crippen LogP contribution in [0.5, 0.6) is 0 Å². The van der Waals surface area contributed by atoms with E-state index in [1.54, 1.807) is 17.0 Å². The van der Waals surface area contributed by atoms with Crippen LogP contribution < -0.4 is 4.90 Å². The predicted octanol–water partition coefficient (Wildman–Crippen LogP) is 3.20. The van der Waals surface area contributed by atoms with Crippen molar-refractivity contribution in [1.29, 1.82) is 0 Å². The zero-order valence-electron chi connectivity index (χ0n) is 16.1. The van der Waals surface area contributed by atoms with Crippen molar-refractivity contribution in [2.75, 3.05) is 44.2 Å². The highest BCUT2D eigenvalue weighted by Crippen LogP contribution is 2.27. The van der Waals surface area contributed by atoms with Crippen molar-refractivity contribution in [3.05, 3.63) is 58.6 Å². The summed E-state index contributed by atoms with van der Waals surface area (Å²) in [5.41, 5.74) is 1.55. The van der Waals surface area contributed by atoms with Crippen LogP contribution in [-0.4, -0.2) is 62.8 Å². The number of amides is 1. The molecule has 4 rings (SSSR count). The zero-order chi connectivity index (χ0) is 20.4. The van der Waals surface area contributed by atoms with E-state index >= 15 is 0 Å². The third-order valence-electron chi connectivity index (χ3n) is 5.56. The molecule has 8 heteroatoms. The molecule has 2 aliphatic rings. The third kappa shape index (κ3) is 4.20. The van der Waals surface area contributed by atoms with Crippen LogP contribution in [0.1, 0.15) is 23.2 Å². The van der Waals surface area contributed by atoms with Gasteiger partial charge < -0.3 is 9.80 Å². The standard InChI is InChI=1S/C21H24BrN3O3S/c22-20-9-8-18(29(27,28)25-10-4-5-11-25)16-19(20)21(26)24-14-12-23(13-15-24)17-6-2-1-3-7-17/h1-3,6-9,16H,4-5,10-15H2. The molecule has 0 aromatic heterocycles. The lowest BCUT2D eigenvalue weighted by molar-refractivity contribution is 0.0745. The fourth-order valence-electron chi connectivity index (χ4n) is 3.88. The summed E-state index contributed by atoms with van der Waals surface area (Å²) >= 11 is 3.43. The second kappa shape index (κ2) is 8.45. The molecule has 1 amide bonds. The molecule has 0 radical (unpaired) electrons. The Kier molecular flexibility index (Phi) is 5.94. The minimum absolute atomic E-state index is 0.136. The Labute approximate surface area is 180 Å². The molecule has 0 saturated carbocycles. The molecule has 154 valence electrons. The summed E-state index contributed by atoms with van der Waals surface area (Å²) in [5, 5.41) is 0. The number of hydrogen-bond donors (Lipinski definition) is 0. The fourth-order valence-corrected chi connectivity index (χ4v) is 5.84. The van der Waals surface area contributed by atoms with Crippen molar-refractivity contribution in [2.24, 2.45) is 0 Å². The number of hydrogen-bond acceptors (Lipinski definition) is 4. The van der Waals surface area contributed by atoms with E-state index in [0.717, 1.165) is 31.6 Å². The molecule has 2 aliphatic heterocycles. The topological polar surface area (TPSA) is 60.9 Å². The van der Waals surface area contributed by atoms with Gasteiger partial charge >= 0.3 is 0 Å². The lowest BCUT2D eigenvalue weighted by Gasteiger charge is -2.36. The van der Waals surface area contributed by atoms with Crippen LogP contribution in [0.25, 0.3) is 0 Å². The van der Waals surface area contributed by atoms with Crippen LogP contribution in [0, 0.1) is 0 Å². The molecular weight excluding hydrogens is 454 g/mol. The van der Waals surface area contributed by atoms with Gasteiger partial charge in [-0.05, 0) is 59.1 Å². The summed E-state index contributed by atoms with van der Waals surface area (Å²) in [6, 6.07) is 14.9. The van der Waals surface area contributed by atoms with Crippen molar-refractivity contribution in [2.45, 2.75) is 17.7 Å². The smallest absolute Gasteiger partial charge is 0.255 e. The maximum atomic E-state index is 13.1. The first-order valence-electron chi connectivity index (χ1n) is 9.86. The average Bonchev–Trinajstić information content (AvgIpc) is 3.30. The van der Waals surface area contributed by atoms with Crippen LogP contribution in [0.4, 0.5) is 5.69 Å². The first-order valence-corrected chi connectivity index (χ1v) is 12.1. The van der Waals surface area contributed by atoms with Crippen LogP contribution in [0.3, 0.4) is 0 Å². The van der Waals surface area contributed by atoms with Gasteiger partial charge in [0.1, 0.15) is 0 Å². The van der Waals surface area contributed by atoms with Crippen molar-refractivity contribution in [1.82, 2.24) is 9.21 Å². The number of piperazine rings is 1. The molecular formula is C21H24BrN3O3S. The third-order valence-corrected chi connectivity index (χ3v) is 8.15. The summed E-state index contributed by atoms with van der Waals surface area (Å²) in [4.78, 5) is 17.4. The lowest BCUT2D eigenvalue weighted by Crippen LogP contribution is -2.48. The summed E-state index contributed by atoms with van der Waals surface area (Å²) in [5.74, 6) is -0.136. The molecule has 2 aromatic carbocycles. The summed E-state index contributed by atoms with van der Waals surface area (Å²) in [6.07, 6.45) is 1.76. The van der Waals surface area contributed by atoms with Gasteiger partial charge in [-0.3, -0.25) is 4.79 Å². The first kappa shape index (κ1) is 20.4. The average molecular weight is 478 g/mol. The van der Waals surface area contributed by atoms with Crippen molar-refractivity contribution in [3.8, 4) is 0 Å². The summed E-state index contributed by atoms with van der Waals surface area (Å²) < 4.78 is 27.9. The Balaban J connectivity index is 1.50. The quantitative estimate of drug-likeness (QED) is 0.678. The molecule has 0 aliphatic carbocycles. The van der Waals surface area contributed by atoms with E-state index < -0.39 is 10.0 Å². The molecule has 0 bridgehead atoms. The van der Waals surface area contributed by atoms with Gasteiger partial charge in [-0.2, -0.15) is 4.31 Å². The number of carbonyl (C=O) groups excluding carboxylic acids is 1. The number of nitrogens with zero attached hydrogens (tertiary/aromatic N) is 3. The van der Waals surface area contributed by atoms with E-state index in [1.807, 2.05) is 18.2 Å². The predicted molar refractivity (Wildman–Crippen MR) is 117 cm³/mol. The van der Waals surface area contributed by atoms with Gasteiger partial charge in [0.25, 0.3) is 5.91 Å². The Morgan fingerprint density at radius 1 is 0.862 bits per heavy atom. The number of anilines is 1. The first-order chi connectivity index (χ1) is 14.0. The van der Waals surface area contributed by atoms with E-state index in [-0.39, 0.29) is 10.8 Å². The minimum Gasteiger partial charge on any atom is -0.368 e. The monoisotopic (exact) mass is 477 g/mol. The molecule has 0 unspecified atom stereocenters. The van der Waals surface area contributed by atoms with Crippen molar-refractivity contribution >= 4 is 37.5 Å². The number of benzene rings is 2. The van der Waals surface area contributed by atoms with Crippen molar-refractivity contribution in [3.63, 3.8) is 0 Å². The Hall–Kier alpha value is -1.90. The summed E-state index contributed by atoms with van der Waals surface area (Å²) in [6.45, 7) is 3.79. The van der Waals surface area contributed by atoms with Gasteiger partial charge in [0.05, 0.1) is 10.5 Å². The minimum atomic E-state index is -3.55. The highest BCUT2D eigenvalue weighted by Gasteiger charge is 2.29. The van der Waals surface area contributed by atoms with Crippen molar-refractivity contribution < 1.29 is 13.2 Å². The fraction of sp³-hybridized carbons (Fsp3) is 0.381. The lowest BCUT2D eigenvalue weighted by atomic mass is 10.1. The van der Waals surface area contributed by atoms with E-state index in [4.69, 9.17) is 0 Å². The van der Waals surface area contributed by atoms with E-state index in [1.165, 1.54) is 10.4 Å². The SMILES string of the molecule is O=C(c1cc(S(=O)(=O)N2CCCC2)ccc1Br)N1CCN(c2ccccc2)CC1. The van der Waals surface area contributed by atoms with Gasteiger partial charge in [0, 0.05) is 49.4 Å². The van der Waals surface area contributed by atoms with E-state index in [2.05, 4.69) is 33.0 Å². The number of rotatable bonds is 4. The van der Waals surface area contributed by atoms with Gasteiger partial charge in [-0.25, -0.2) is 8.42 Å². The number of sulfonamides is 1. The van der Waals surface area contributed by atoms with Gasteiger partial charge in [0.15, 0.2) is 0 Å². The highest BCUT2D eigenvalue weighted by molar-refractivity contribution is 9.10. The van der Waals surface area contributed by atoms with E-state index in [9.17, 15) is 13.2 Å². The van der Waals surface area contributed by atoms with Crippen LogP contribution in [0.2, 0.25) is 0 Å². The second-order valence-corrected chi connectivity index (χ2v) is 10.2. The Bertz CT molecular complexity index is 983. The molecule has 2 saturated heterocycles. The number of halogens is 1. The normalized spacial score (nSPS) is 18.2. The number of para-hydroxylation sites is 1. The molecule has 2 heterocycles. The van der Waals surface area contributed by atoms with Crippen LogP contribution >= 0.6 is 15.9 Å². The largest absolute Gasteiger partial charge is 0.368 e. The number of carbonyl (C=O) groups is 1.